The molecule has 2 aromatic heterocycles. The number of aromatic nitrogens is 4. The highest BCUT2D eigenvalue weighted by atomic mass is 19.4. The Balaban J connectivity index is 1.68. The first-order valence-electron chi connectivity index (χ1n) is 10.7. The van der Waals surface area contributed by atoms with Gasteiger partial charge >= 0.3 is 6.18 Å². The van der Waals surface area contributed by atoms with Crippen LogP contribution in [-0.2, 0) is 7.05 Å². The number of piperidine rings is 1. The summed E-state index contributed by atoms with van der Waals surface area (Å²) in [7, 11) is 1.74. The molecule has 1 N–H and O–H groups in total. The van der Waals surface area contributed by atoms with Crippen molar-refractivity contribution in [1.29, 1.82) is 0 Å². The molecule has 1 fully saturated rings. The zero-order chi connectivity index (χ0) is 22.6. The van der Waals surface area contributed by atoms with Gasteiger partial charge in [0.1, 0.15) is 5.82 Å². The summed E-state index contributed by atoms with van der Waals surface area (Å²) < 4.78 is 44.3. The fourth-order valence-electron chi connectivity index (χ4n) is 4.50. The molecule has 3 atom stereocenters. The fourth-order valence-corrected chi connectivity index (χ4v) is 4.50. The van der Waals surface area contributed by atoms with E-state index in [1.165, 1.54) is 6.20 Å². The lowest BCUT2D eigenvalue weighted by molar-refractivity contribution is -0.175. The first-order chi connectivity index (χ1) is 14.4. The number of hydrogen-bond acceptors (Lipinski definition) is 4. The van der Waals surface area contributed by atoms with E-state index in [4.69, 9.17) is 0 Å². The van der Waals surface area contributed by atoms with Crippen molar-refractivity contribution in [2.45, 2.75) is 70.8 Å². The van der Waals surface area contributed by atoms with Crippen LogP contribution in [0.2, 0.25) is 0 Å². The third-order valence-corrected chi connectivity index (χ3v) is 6.31. The summed E-state index contributed by atoms with van der Waals surface area (Å²) in [6.07, 6.45) is 1.10. The zero-order valence-corrected chi connectivity index (χ0v) is 18.3. The average molecular weight is 438 g/mol. The number of halogens is 3. The SMILES string of the molecule is Cn1cc(C(=O)N2CCCC[C@@H]2c2cc3n(n2)[C@@H](C(F)(F)F)C[C@@H](C(C)(C)C)N3)cn1. The van der Waals surface area contributed by atoms with Gasteiger partial charge in [0.05, 0.1) is 23.5 Å². The number of nitrogens with zero attached hydrogens (tertiary/aromatic N) is 5. The second-order valence-corrected chi connectivity index (χ2v) is 9.67. The summed E-state index contributed by atoms with van der Waals surface area (Å²) in [4.78, 5) is 14.8. The Kier molecular flexibility index (Phi) is 5.29. The van der Waals surface area contributed by atoms with E-state index in [9.17, 15) is 18.0 Å². The maximum atomic E-state index is 13.9. The molecule has 4 heterocycles. The summed E-state index contributed by atoms with van der Waals surface area (Å²) >= 11 is 0. The smallest absolute Gasteiger partial charge is 0.367 e. The van der Waals surface area contributed by atoms with Crippen LogP contribution in [-0.4, -0.2) is 49.1 Å². The van der Waals surface area contributed by atoms with Crippen LogP contribution >= 0.6 is 0 Å². The molecular formula is C21H29F3N6O. The number of alkyl halides is 3. The Hall–Kier alpha value is -2.52. The number of amides is 1. The highest BCUT2D eigenvalue weighted by Crippen LogP contribution is 2.44. The highest BCUT2D eigenvalue weighted by molar-refractivity contribution is 5.94. The number of likely N-dealkylation sites (tertiary alicyclic amines) is 1. The molecule has 1 saturated heterocycles. The molecule has 2 aromatic rings. The van der Waals surface area contributed by atoms with Gasteiger partial charge in [-0.2, -0.15) is 23.4 Å². The van der Waals surface area contributed by atoms with Gasteiger partial charge in [0.15, 0.2) is 6.04 Å². The molecule has 0 bridgehead atoms. The van der Waals surface area contributed by atoms with Crippen molar-refractivity contribution in [3.05, 3.63) is 29.7 Å². The van der Waals surface area contributed by atoms with Crippen LogP contribution < -0.4 is 5.32 Å². The molecule has 0 spiro atoms. The average Bonchev–Trinajstić information content (AvgIpc) is 3.31. The summed E-state index contributed by atoms with van der Waals surface area (Å²) in [5.41, 5.74) is 0.632. The molecule has 4 rings (SSSR count). The summed E-state index contributed by atoms with van der Waals surface area (Å²) in [5.74, 6) is 0.194. The van der Waals surface area contributed by atoms with Gasteiger partial charge in [0.2, 0.25) is 0 Å². The Bertz CT molecular complexity index is 957. The first-order valence-corrected chi connectivity index (χ1v) is 10.7. The monoisotopic (exact) mass is 438 g/mol. The van der Waals surface area contributed by atoms with Gasteiger partial charge < -0.3 is 10.2 Å². The second-order valence-electron chi connectivity index (χ2n) is 9.67. The van der Waals surface area contributed by atoms with Crippen LogP contribution in [0, 0.1) is 5.41 Å². The molecule has 0 aliphatic carbocycles. The Morgan fingerprint density at radius 2 is 1.97 bits per heavy atom. The van der Waals surface area contributed by atoms with E-state index in [0.717, 1.165) is 17.5 Å². The minimum absolute atomic E-state index is 0.0792. The molecule has 0 unspecified atom stereocenters. The standard InChI is InChI=1S/C21H29F3N6O/c1-20(2,3)16-10-17(21(22,23)24)30-18(26-16)9-14(27-30)15-7-5-6-8-29(15)19(31)13-11-25-28(4)12-13/h9,11-12,15-17,26H,5-8,10H2,1-4H3/t15-,16+,17-/m1/s1. The van der Waals surface area contributed by atoms with Gasteiger partial charge in [-0.1, -0.05) is 20.8 Å². The molecule has 10 heteroatoms. The van der Waals surface area contributed by atoms with Gasteiger partial charge in [0, 0.05) is 31.9 Å². The lowest BCUT2D eigenvalue weighted by Crippen LogP contribution is -2.44. The van der Waals surface area contributed by atoms with Crippen LogP contribution in [0.4, 0.5) is 19.0 Å². The maximum absolute atomic E-state index is 13.9. The number of rotatable bonds is 2. The van der Waals surface area contributed by atoms with Crippen molar-refractivity contribution in [3.8, 4) is 0 Å². The normalized spacial score (nSPS) is 24.6. The maximum Gasteiger partial charge on any atom is 0.410 e. The number of nitrogens with one attached hydrogen (secondary N) is 1. The Morgan fingerprint density at radius 1 is 1.23 bits per heavy atom. The van der Waals surface area contributed by atoms with Crippen LogP contribution in [0.25, 0.3) is 0 Å². The van der Waals surface area contributed by atoms with E-state index in [1.54, 1.807) is 28.9 Å². The molecule has 0 radical (unpaired) electrons. The largest absolute Gasteiger partial charge is 0.410 e. The molecule has 170 valence electrons. The molecule has 7 nitrogen and oxygen atoms in total. The predicted molar refractivity (Wildman–Crippen MR) is 110 cm³/mol. The third-order valence-electron chi connectivity index (χ3n) is 6.31. The Morgan fingerprint density at radius 3 is 2.58 bits per heavy atom. The second kappa shape index (κ2) is 7.56. The van der Waals surface area contributed by atoms with E-state index >= 15 is 0 Å². The quantitative estimate of drug-likeness (QED) is 0.759. The van der Waals surface area contributed by atoms with Crippen molar-refractivity contribution < 1.29 is 18.0 Å². The van der Waals surface area contributed by atoms with E-state index in [-0.39, 0.29) is 29.8 Å². The van der Waals surface area contributed by atoms with Crippen molar-refractivity contribution in [2.75, 3.05) is 11.9 Å². The molecule has 1 amide bonds. The molecule has 0 saturated carbocycles. The Labute approximate surface area is 179 Å². The van der Waals surface area contributed by atoms with E-state index in [1.807, 2.05) is 20.8 Å². The van der Waals surface area contributed by atoms with Crippen LogP contribution in [0.3, 0.4) is 0 Å². The number of aryl methyl sites for hydroxylation is 1. The topological polar surface area (TPSA) is 68.0 Å². The number of carbonyl (C=O) groups excluding carboxylic acids is 1. The zero-order valence-electron chi connectivity index (χ0n) is 18.3. The number of fused-ring (bicyclic) bond motifs is 1. The molecule has 2 aliphatic heterocycles. The van der Waals surface area contributed by atoms with Crippen molar-refractivity contribution >= 4 is 11.7 Å². The van der Waals surface area contributed by atoms with Crippen LogP contribution in [0.15, 0.2) is 18.5 Å². The van der Waals surface area contributed by atoms with E-state index in [0.29, 0.717) is 30.0 Å². The molecule has 2 aliphatic rings. The first kappa shape index (κ1) is 21.7. The predicted octanol–water partition coefficient (Wildman–Crippen LogP) is 4.32. The van der Waals surface area contributed by atoms with Crippen molar-refractivity contribution in [2.24, 2.45) is 12.5 Å². The van der Waals surface area contributed by atoms with Crippen LogP contribution in [0.5, 0.6) is 0 Å². The minimum Gasteiger partial charge on any atom is -0.367 e. The summed E-state index contributed by atoms with van der Waals surface area (Å²) in [6.45, 7) is 6.34. The highest BCUT2D eigenvalue weighted by Gasteiger charge is 2.48. The lowest BCUT2D eigenvalue weighted by Gasteiger charge is -2.39. The van der Waals surface area contributed by atoms with Gasteiger partial charge in [0.25, 0.3) is 5.91 Å². The van der Waals surface area contributed by atoms with Crippen molar-refractivity contribution in [3.63, 3.8) is 0 Å². The van der Waals surface area contributed by atoms with Crippen LogP contribution in [0.1, 0.15) is 74.6 Å². The summed E-state index contributed by atoms with van der Waals surface area (Å²) in [5, 5.41) is 11.7. The van der Waals surface area contributed by atoms with Gasteiger partial charge in [-0.3, -0.25) is 9.48 Å². The van der Waals surface area contributed by atoms with Gasteiger partial charge in [-0.15, -0.1) is 0 Å². The minimum atomic E-state index is -4.40. The fraction of sp³-hybridized carbons (Fsp3) is 0.667. The van der Waals surface area contributed by atoms with E-state index < -0.39 is 12.2 Å². The number of anilines is 1. The number of carbonyl (C=O) groups is 1. The summed E-state index contributed by atoms with van der Waals surface area (Å²) in [6, 6.07) is -0.692. The molecule has 31 heavy (non-hydrogen) atoms. The third kappa shape index (κ3) is 4.16. The van der Waals surface area contributed by atoms with E-state index in [2.05, 4.69) is 15.5 Å². The molecule has 0 aromatic carbocycles. The number of hydrogen-bond donors (Lipinski definition) is 1. The van der Waals surface area contributed by atoms with Gasteiger partial charge in [-0.05, 0) is 31.1 Å². The van der Waals surface area contributed by atoms with Crippen molar-refractivity contribution in [1.82, 2.24) is 24.5 Å². The molecular weight excluding hydrogens is 409 g/mol. The lowest BCUT2D eigenvalue weighted by atomic mass is 9.82. The van der Waals surface area contributed by atoms with Gasteiger partial charge in [-0.25, -0.2) is 4.68 Å².